The first-order valence-corrected chi connectivity index (χ1v) is 6.82. The van der Waals surface area contributed by atoms with Gasteiger partial charge in [-0.3, -0.25) is 4.79 Å². The van der Waals surface area contributed by atoms with Crippen LogP contribution < -0.4 is 5.11 Å². The van der Waals surface area contributed by atoms with Crippen LogP contribution in [0.25, 0.3) is 0 Å². The Balaban J connectivity index is 4.28. The number of aliphatic carboxylic acids is 1. The minimum absolute atomic E-state index is 0.249. The predicted molar refractivity (Wildman–Crippen MR) is 65.4 cm³/mol. The first kappa shape index (κ1) is 16.2. The summed E-state index contributed by atoms with van der Waals surface area (Å²) in [6, 6.07) is 0. The molecular formula is C11H21NO4S. The van der Waals surface area contributed by atoms with Crippen LogP contribution >= 0.6 is 11.8 Å². The van der Waals surface area contributed by atoms with Gasteiger partial charge in [0, 0.05) is 18.1 Å². The van der Waals surface area contributed by atoms with E-state index in [-0.39, 0.29) is 12.4 Å². The molecule has 0 saturated heterocycles. The van der Waals surface area contributed by atoms with E-state index in [0.717, 1.165) is 0 Å². The van der Waals surface area contributed by atoms with Gasteiger partial charge in [-0.15, -0.1) is 0 Å². The van der Waals surface area contributed by atoms with E-state index in [1.54, 1.807) is 11.8 Å². The number of quaternary nitrogens is 1. The first-order valence-electron chi connectivity index (χ1n) is 5.43. The third-order valence-electron chi connectivity index (χ3n) is 1.95. The highest BCUT2D eigenvalue weighted by Crippen LogP contribution is 2.07. The molecule has 0 saturated carbocycles. The van der Waals surface area contributed by atoms with Crippen molar-refractivity contribution >= 4 is 23.7 Å². The zero-order valence-electron chi connectivity index (χ0n) is 10.9. The van der Waals surface area contributed by atoms with E-state index < -0.39 is 12.1 Å². The van der Waals surface area contributed by atoms with Crippen molar-refractivity contribution in [2.24, 2.45) is 0 Å². The maximum absolute atomic E-state index is 11.4. The molecule has 5 nitrogen and oxygen atoms in total. The van der Waals surface area contributed by atoms with E-state index in [1.807, 2.05) is 27.4 Å². The van der Waals surface area contributed by atoms with Crippen molar-refractivity contribution < 1.29 is 23.9 Å². The van der Waals surface area contributed by atoms with Gasteiger partial charge in [0.1, 0.15) is 6.54 Å². The van der Waals surface area contributed by atoms with Gasteiger partial charge >= 0.3 is 5.97 Å². The number of rotatable bonds is 8. The summed E-state index contributed by atoms with van der Waals surface area (Å²) in [5.41, 5.74) is 0. The highest BCUT2D eigenvalue weighted by atomic mass is 32.2. The minimum atomic E-state index is -1.19. The van der Waals surface area contributed by atoms with Gasteiger partial charge in [0.15, 0.2) is 6.10 Å². The maximum Gasteiger partial charge on any atom is 0.307 e. The van der Waals surface area contributed by atoms with Gasteiger partial charge < -0.3 is 19.1 Å². The van der Waals surface area contributed by atoms with Crippen LogP contribution in [0.2, 0.25) is 0 Å². The Morgan fingerprint density at radius 1 is 1.35 bits per heavy atom. The van der Waals surface area contributed by atoms with E-state index in [9.17, 15) is 14.7 Å². The number of ether oxygens (including phenoxy) is 1. The fourth-order valence-electron chi connectivity index (χ4n) is 1.37. The Morgan fingerprint density at radius 3 is 2.35 bits per heavy atom. The van der Waals surface area contributed by atoms with Gasteiger partial charge in [-0.1, -0.05) is 0 Å². The first-order chi connectivity index (χ1) is 7.74. The van der Waals surface area contributed by atoms with Crippen LogP contribution in [0.5, 0.6) is 0 Å². The quantitative estimate of drug-likeness (QED) is 0.436. The second-order valence-electron chi connectivity index (χ2n) is 4.90. The second-order valence-corrected chi connectivity index (χ2v) is 5.89. The molecule has 0 radical (unpaired) electrons. The standard InChI is InChI=1S/C11H21NO4S/c1-12(2,3)8-9(7-10(13)14)16-11(15)5-6-17-4/h9H,5-8H2,1-4H3/t9-/m1/s1. The molecule has 17 heavy (non-hydrogen) atoms. The Bertz CT molecular complexity index is 263. The van der Waals surface area contributed by atoms with Crippen molar-refractivity contribution in [3.63, 3.8) is 0 Å². The van der Waals surface area contributed by atoms with Gasteiger partial charge in [0.05, 0.1) is 27.6 Å². The Kier molecular flexibility index (Phi) is 7.22. The summed E-state index contributed by atoms with van der Waals surface area (Å²) in [5.74, 6) is -0.860. The number of nitrogens with zero attached hydrogens (tertiary/aromatic N) is 1. The smallest absolute Gasteiger partial charge is 0.307 e. The van der Waals surface area contributed by atoms with Crippen LogP contribution in [0.4, 0.5) is 0 Å². The lowest BCUT2D eigenvalue weighted by Gasteiger charge is -2.29. The number of esters is 1. The van der Waals surface area contributed by atoms with E-state index in [4.69, 9.17) is 4.74 Å². The molecule has 0 bridgehead atoms. The van der Waals surface area contributed by atoms with Crippen molar-refractivity contribution in [1.82, 2.24) is 0 Å². The average Bonchev–Trinajstić information content (AvgIpc) is 2.10. The second kappa shape index (κ2) is 7.55. The molecule has 0 aromatic carbocycles. The maximum atomic E-state index is 11.4. The molecule has 1 atom stereocenters. The summed E-state index contributed by atoms with van der Waals surface area (Å²) in [5, 5.41) is 10.6. The third-order valence-corrected chi connectivity index (χ3v) is 2.57. The molecule has 0 aliphatic carbocycles. The summed E-state index contributed by atoms with van der Waals surface area (Å²) >= 11 is 1.55. The van der Waals surface area contributed by atoms with Crippen molar-refractivity contribution in [2.45, 2.75) is 18.9 Å². The van der Waals surface area contributed by atoms with Crippen molar-refractivity contribution in [3.8, 4) is 0 Å². The van der Waals surface area contributed by atoms with E-state index in [2.05, 4.69) is 0 Å². The molecule has 0 aromatic rings. The van der Waals surface area contributed by atoms with E-state index in [0.29, 0.717) is 23.2 Å². The molecule has 0 N–H and O–H groups in total. The van der Waals surface area contributed by atoms with Crippen LogP contribution in [0.15, 0.2) is 0 Å². The summed E-state index contributed by atoms with van der Waals surface area (Å²) < 4.78 is 5.69. The van der Waals surface area contributed by atoms with Crippen LogP contribution in [0, 0.1) is 0 Å². The molecule has 0 aliphatic rings. The Labute approximate surface area is 107 Å². The average molecular weight is 263 g/mol. The third kappa shape index (κ3) is 10.1. The SMILES string of the molecule is CSCCC(=O)O[C@H](CC(=O)[O-])C[N+](C)(C)C. The van der Waals surface area contributed by atoms with Gasteiger partial charge in [0.2, 0.25) is 0 Å². The number of hydrogen-bond acceptors (Lipinski definition) is 5. The number of likely N-dealkylation sites (N-methyl/N-ethyl adjacent to an activating group) is 1. The van der Waals surface area contributed by atoms with Crippen molar-refractivity contribution in [1.29, 1.82) is 0 Å². The van der Waals surface area contributed by atoms with E-state index >= 15 is 0 Å². The number of carboxylic acids is 1. The highest BCUT2D eigenvalue weighted by Gasteiger charge is 2.22. The molecule has 0 rings (SSSR count). The molecule has 0 amide bonds. The fraction of sp³-hybridized carbons (Fsp3) is 0.818. The van der Waals surface area contributed by atoms with Crippen LogP contribution in [0.1, 0.15) is 12.8 Å². The monoisotopic (exact) mass is 263 g/mol. The summed E-state index contributed by atoms with van der Waals surface area (Å²) in [4.78, 5) is 22.0. The largest absolute Gasteiger partial charge is 0.550 e. The predicted octanol–water partition coefficient (Wildman–Crippen LogP) is -0.502. The normalized spacial score (nSPS) is 13.2. The van der Waals surface area contributed by atoms with Crippen molar-refractivity contribution in [2.75, 3.05) is 39.7 Å². The number of hydrogen-bond donors (Lipinski definition) is 0. The highest BCUT2D eigenvalue weighted by molar-refractivity contribution is 7.98. The molecule has 0 spiro atoms. The van der Waals surface area contributed by atoms with Gasteiger partial charge in [-0.25, -0.2) is 0 Å². The lowest BCUT2D eigenvalue weighted by molar-refractivity contribution is -0.873. The number of carbonyl (C=O) groups excluding carboxylic acids is 2. The number of carbonyl (C=O) groups is 2. The summed E-state index contributed by atoms with van der Waals surface area (Å²) in [6.45, 7) is 0.457. The van der Waals surface area contributed by atoms with Gasteiger partial charge in [-0.2, -0.15) is 11.8 Å². The molecule has 0 fully saturated rings. The number of thioether (sulfide) groups is 1. The molecule has 0 heterocycles. The molecular weight excluding hydrogens is 242 g/mol. The molecule has 0 aromatic heterocycles. The Hall–Kier alpha value is -0.750. The lowest BCUT2D eigenvalue weighted by atomic mass is 10.2. The molecule has 0 aliphatic heterocycles. The zero-order chi connectivity index (χ0) is 13.5. The van der Waals surface area contributed by atoms with Crippen LogP contribution in [-0.2, 0) is 14.3 Å². The van der Waals surface area contributed by atoms with Crippen LogP contribution in [0.3, 0.4) is 0 Å². The van der Waals surface area contributed by atoms with Gasteiger partial charge in [0.25, 0.3) is 0 Å². The van der Waals surface area contributed by atoms with Crippen LogP contribution in [-0.4, -0.2) is 62.2 Å². The van der Waals surface area contributed by atoms with Crippen molar-refractivity contribution in [3.05, 3.63) is 0 Å². The number of carboxylic acid groups (broad SMARTS) is 1. The Morgan fingerprint density at radius 2 is 1.94 bits per heavy atom. The minimum Gasteiger partial charge on any atom is -0.550 e. The summed E-state index contributed by atoms with van der Waals surface area (Å²) in [7, 11) is 5.74. The summed E-state index contributed by atoms with van der Waals surface area (Å²) in [6.07, 6.45) is 1.34. The van der Waals surface area contributed by atoms with E-state index in [1.165, 1.54) is 0 Å². The molecule has 0 unspecified atom stereocenters. The fourth-order valence-corrected chi connectivity index (χ4v) is 1.74. The topological polar surface area (TPSA) is 66.4 Å². The molecule has 6 heteroatoms. The lowest BCUT2D eigenvalue weighted by Crippen LogP contribution is -2.45. The zero-order valence-corrected chi connectivity index (χ0v) is 11.7. The molecule has 100 valence electrons. The van der Waals surface area contributed by atoms with Gasteiger partial charge in [-0.05, 0) is 6.26 Å².